The zero-order valence-electron chi connectivity index (χ0n) is 12.4. The molecule has 3 rings (SSSR count). The minimum Gasteiger partial charge on any atom is -0.370 e. The number of morpholine rings is 1. The standard InChI is InChI=1S/C16H20FN3O/c1-10-5-13(11(2)14(6-18)16(10)17)15-8-20-4-3-19-7-12(20)9-21-15/h5,12,15,19H,3-4,7-9H2,1-2H3/t12-,15-/m0/s1. The fourth-order valence-corrected chi connectivity index (χ4v) is 3.27. The maximum absolute atomic E-state index is 14.0. The van der Waals surface area contributed by atoms with Crippen molar-refractivity contribution in [2.75, 3.05) is 32.8 Å². The van der Waals surface area contributed by atoms with Gasteiger partial charge in [0.15, 0.2) is 0 Å². The molecule has 1 aromatic carbocycles. The SMILES string of the molecule is Cc1cc([C@@H]2CN3CCNC[C@H]3CO2)c(C)c(C#N)c1F. The molecule has 0 amide bonds. The van der Waals surface area contributed by atoms with E-state index in [-0.39, 0.29) is 11.7 Å². The lowest BCUT2D eigenvalue weighted by atomic mass is 9.94. The molecule has 0 saturated carbocycles. The summed E-state index contributed by atoms with van der Waals surface area (Å²) in [6.45, 7) is 7.96. The summed E-state index contributed by atoms with van der Waals surface area (Å²) >= 11 is 0. The molecule has 0 aromatic heterocycles. The molecule has 2 atom stereocenters. The Labute approximate surface area is 124 Å². The van der Waals surface area contributed by atoms with Gasteiger partial charge >= 0.3 is 0 Å². The lowest BCUT2D eigenvalue weighted by Crippen LogP contribution is -2.57. The van der Waals surface area contributed by atoms with Crippen molar-refractivity contribution in [1.29, 1.82) is 5.26 Å². The number of aryl methyl sites for hydroxylation is 1. The van der Waals surface area contributed by atoms with Crippen LogP contribution in [0.15, 0.2) is 6.07 Å². The van der Waals surface area contributed by atoms with Crippen LogP contribution in [0.1, 0.15) is 28.4 Å². The molecule has 21 heavy (non-hydrogen) atoms. The Balaban J connectivity index is 1.91. The predicted molar refractivity (Wildman–Crippen MR) is 77.5 cm³/mol. The highest BCUT2D eigenvalue weighted by molar-refractivity contribution is 5.47. The van der Waals surface area contributed by atoms with Gasteiger partial charge in [-0.1, -0.05) is 6.07 Å². The van der Waals surface area contributed by atoms with E-state index in [1.807, 2.05) is 19.1 Å². The summed E-state index contributed by atoms with van der Waals surface area (Å²) in [5.74, 6) is -0.408. The quantitative estimate of drug-likeness (QED) is 0.854. The Bertz CT molecular complexity index is 596. The summed E-state index contributed by atoms with van der Waals surface area (Å²) in [6.07, 6.45) is -0.0780. The first-order valence-corrected chi connectivity index (χ1v) is 7.38. The average Bonchev–Trinajstić information content (AvgIpc) is 2.51. The highest BCUT2D eigenvalue weighted by atomic mass is 19.1. The van der Waals surface area contributed by atoms with Crippen molar-refractivity contribution in [3.8, 4) is 6.07 Å². The number of halogens is 1. The number of piperazine rings is 1. The van der Waals surface area contributed by atoms with Gasteiger partial charge in [-0.15, -0.1) is 0 Å². The molecule has 1 aromatic rings. The van der Waals surface area contributed by atoms with E-state index in [0.717, 1.165) is 31.7 Å². The number of nitriles is 1. The number of rotatable bonds is 1. The Morgan fingerprint density at radius 2 is 2.29 bits per heavy atom. The molecule has 2 aliphatic heterocycles. The second-order valence-corrected chi connectivity index (χ2v) is 5.88. The molecule has 0 radical (unpaired) electrons. The van der Waals surface area contributed by atoms with Gasteiger partial charge in [0.2, 0.25) is 0 Å². The lowest BCUT2D eigenvalue weighted by molar-refractivity contribution is -0.0720. The molecule has 0 bridgehead atoms. The molecule has 1 N–H and O–H groups in total. The first kappa shape index (κ1) is 14.5. The van der Waals surface area contributed by atoms with Crippen LogP contribution in [0.25, 0.3) is 0 Å². The number of hydrogen-bond donors (Lipinski definition) is 1. The average molecular weight is 289 g/mol. The zero-order valence-corrected chi connectivity index (χ0v) is 12.4. The van der Waals surface area contributed by atoms with Gasteiger partial charge in [0.05, 0.1) is 18.3 Å². The summed E-state index contributed by atoms with van der Waals surface area (Å²) in [5, 5.41) is 12.6. The van der Waals surface area contributed by atoms with Crippen LogP contribution in [0.2, 0.25) is 0 Å². The Hall–Kier alpha value is -1.48. The van der Waals surface area contributed by atoms with Crippen LogP contribution in [0.3, 0.4) is 0 Å². The number of nitrogens with one attached hydrogen (secondary N) is 1. The Morgan fingerprint density at radius 1 is 1.48 bits per heavy atom. The van der Waals surface area contributed by atoms with Crippen LogP contribution in [-0.4, -0.2) is 43.7 Å². The van der Waals surface area contributed by atoms with Crippen LogP contribution >= 0.6 is 0 Å². The van der Waals surface area contributed by atoms with E-state index in [1.54, 1.807) is 6.92 Å². The molecular weight excluding hydrogens is 269 g/mol. The fourth-order valence-electron chi connectivity index (χ4n) is 3.27. The van der Waals surface area contributed by atoms with Gasteiger partial charge in [-0.3, -0.25) is 4.90 Å². The van der Waals surface area contributed by atoms with Gasteiger partial charge in [0, 0.05) is 32.2 Å². The van der Waals surface area contributed by atoms with Gasteiger partial charge in [-0.2, -0.15) is 5.26 Å². The van der Waals surface area contributed by atoms with Gasteiger partial charge < -0.3 is 10.1 Å². The van der Waals surface area contributed by atoms with E-state index in [4.69, 9.17) is 4.74 Å². The highest BCUT2D eigenvalue weighted by Gasteiger charge is 2.32. The molecule has 4 nitrogen and oxygen atoms in total. The largest absolute Gasteiger partial charge is 0.370 e. The van der Waals surface area contributed by atoms with E-state index in [9.17, 15) is 9.65 Å². The van der Waals surface area contributed by atoms with Crippen molar-refractivity contribution < 1.29 is 9.13 Å². The summed E-state index contributed by atoms with van der Waals surface area (Å²) in [7, 11) is 0. The van der Waals surface area contributed by atoms with Crippen molar-refractivity contribution in [2.45, 2.75) is 26.0 Å². The monoisotopic (exact) mass is 289 g/mol. The summed E-state index contributed by atoms with van der Waals surface area (Å²) in [5.41, 5.74) is 2.32. The number of nitrogens with zero attached hydrogens (tertiary/aromatic N) is 2. The highest BCUT2D eigenvalue weighted by Crippen LogP contribution is 2.31. The molecule has 0 spiro atoms. The van der Waals surface area contributed by atoms with Gasteiger partial charge in [0.25, 0.3) is 0 Å². The minimum atomic E-state index is -0.408. The molecule has 2 aliphatic rings. The first-order valence-electron chi connectivity index (χ1n) is 7.38. The Morgan fingerprint density at radius 3 is 3.05 bits per heavy atom. The normalized spacial score (nSPS) is 26.2. The van der Waals surface area contributed by atoms with Gasteiger partial charge in [-0.05, 0) is 30.5 Å². The second-order valence-electron chi connectivity index (χ2n) is 5.88. The summed E-state index contributed by atoms with van der Waals surface area (Å²) < 4.78 is 20.0. The predicted octanol–water partition coefficient (Wildman–Crippen LogP) is 1.66. The van der Waals surface area contributed by atoms with E-state index in [0.29, 0.717) is 23.8 Å². The first-order chi connectivity index (χ1) is 10.1. The third-order valence-corrected chi connectivity index (χ3v) is 4.57. The maximum Gasteiger partial charge on any atom is 0.144 e. The minimum absolute atomic E-state index is 0.0780. The van der Waals surface area contributed by atoms with Crippen LogP contribution in [-0.2, 0) is 4.74 Å². The molecule has 5 heteroatoms. The Kier molecular flexibility index (Phi) is 3.94. The van der Waals surface area contributed by atoms with E-state index in [2.05, 4.69) is 10.2 Å². The zero-order chi connectivity index (χ0) is 15.0. The van der Waals surface area contributed by atoms with Crippen molar-refractivity contribution in [2.24, 2.45) is 0 Å². The van der Waals surface area contributed by atoms with Gasteiger partial charge in [0.1, 0.15) is 11.9 Å². The second kappa shape index (κ2) is 5.72. The van der Waals surface area contributed by atoms with E-state index in [1.165, 1.54) is 0 Å². The lowest BCUT2D eigenvalue weighted by Gasteiger charge is -2.43. The topological polar surface area (TPSA) is 48.3 Å². The molecular formula is C16H20FN3O. The number of hydrogen-bond acceptors (Lipinski definition) is 4. The number of ether oxygens (including phenoxy) is 1. The van der Waals surface area contributed by atoms with Crippen molar-refractivity contribution in [1.82, 2.24) is 10.2 Å². The third-order valence-electron chi connectivity index (χ3n) is 4.57. The van der Waals surface area contributed by atoms with E-state index >= 15 is 0 Å². The molecule has 2 heterocycles. The van der Waals surface area contributed by atoms with Crippen LogP contribution < -0.4 is 5.32 Å². The van der Waals surface area contributed by atoms with Crippen LogP contribution in [0.4, 0.5) is 4.39 Å². The van der Waals surface area contributed by atoms with Gasteiger partial charge in [-0.25, -0.2) is 4.39 Å². The van der Waals surface area contributed by atoms with Crippen molar-refractivity contribution >= 4 is 0 Å². The molecule has 2 saturated heterocycles. The maximum atomic E-state index is 14.0. The van der Waals surface area contributed by atoms with E-state index < -0.39 is 5.82 Å². The summed E-state index contributed by atoms with van der Waals surface area (Å²) in [6, 6.07) is 4.24. The number of fused-ring (bicyclic) bond motifs is 1. The smallest absolute Gasteiger partial charge is 0.144 e. The third kappa shape index (κ3) is 2.55. The fraction of sp³-hybridized carbons (Fsp3) is 0.562. The number of benzene rings is 1. The molecule has 0 aliphatic carbocycles. The van der Waals surface area contributed by atoms with Crippen LogP contribution in [0, 0.1) is 31.0 Å². The molecule has 2 fully saturated rings. The van der Waals surface area contributed by atoms with Crippen LogP contribution in [0.5, 0.6) is 0 Å². The summed E-state index contributed by atoms with van der Waals surface area (Å²) in [4.78, 5) is 2.43. The molecule has 0 unspecified atom stereocenters. The van der Waals surface area contributed by atoms with Crippen molar-refractivity contribution in [3.63, 3.8) is 0 Å². The van der Waals surface area contributed by atoms with Crippen molar-refractivity contribution in [3.05, 3.63) is 34.1 Å². The molecule has 112 valence electrons.